The van der Waals surface area contributed by atoms with Gasteiger partial charge in [-0.2, -0.15) is 0 Å². The van der Waals surface area contributed by atoms with Gasteiger partial charge in [-0.1, -0.05) is 0 Å². The molecule has 0 aliphatic heterocycles. The van der Waals surface area contributed by atoms with Gasteiger partial charge in [0.25, 0.3) is 0 Å². The summed E-state index contributed by atoms with van der Waals surface area (Å²) in [6.45, 7) is 1.33. The second-order valence-electron chi connectivity index (χ2n) is 2.83. The molecule has 1 rings (SSSR count). The number of allylic oxidation sites excluding steroid dienone is 1. The number of hydrogen-bond donors (Lipinski definition) is 2. The summed E-state index contributed by atoms with van der Waals surface area (Å²) in [5.74, 6) is -0.264. The summed E-state index contributed by atoms with van der Waals surface area (Å²) >= 11 is 0. The summed E-state index contributed by atoms with van der Waals surface area (Å²) in [6, 6.07) is 3.80. The lowest BCUT2D eigenvalue weighted by Gasteiger charge is -1.97. The number of nitrogens with zero attached hydrogens (tertiary/aromatic N) is 1. The molecule has 74 valence electrons. The maximum absolute atomic E-state index is 10.3. The summed E-state index contributed by atoms with van der Waals surface area (Å²) in [4.78, 5) is 9.75. The number of phenols is 2. The van der Waals surface area contributed by atoms with Crippen molar-refractivity contribution in [3.63, 3.8) is 0 Å². The van der Waals surface area contributed by atoms with Crippen LogP contribution in [0.5, 0.6) is 11.5 Å². The van der Waals surface area contributed by atoms with Crippen LogP contribution in [0.25, 0.3) is 6.08 Å². The summed E-state index contributed by atoms with van der Waals surface area (Å²) in [7, 11) is 0. The Balaban J connectivity index is 3.08. The second-order valence-corrected chi connectivity index (χ2v) is 2.83. The molecule has 0 aliphatic rings. The molecule has 5 heteroatoms. The van der Waals surface area contributed by atoms with Crippen LogP contribution in [0.4, 0.5) is 0 Å². The molecule has 0 unspecified atom stereocenters. The summed E-state index contributed by atoms with van der Waals surface area (Å²) in [5.41, 5.74) is 0.326. The van der Waals surface area contributed by atoms with Crippen LogP contribution in [0.15, 0.2) is 23.9 Å². The van der Waals surface area contributed by atoms with Gasteiger partial charge in [-0.25, -0.2) is 0 Å². The van der Waals surface area contributed by atoms with Gasteiger partial charge in [-0.3, -0.25) is 10.1 Å². The molecule has 0 aromatic heterocycles. The Labute approximate surface area is 80.1 Å². The van der Waals surface area contributed by atoms with Crippen molar-refractivity contribution >= 4 is 6.08 Å². The minimum atomic E-state index is -0.541. The molecule has 0 amide bonds. The zero-order valence-corrected chi connectivity index (χ0v) is 7.47. The molecule has 2 N–H and O–H groups in total. The molecule has 0 saturated heterocycles. The number of rotatable bonds is 2. The fourth-order valence-corrected chi connectivity index (χ4v) is 0.995. The third-order valence-electron chi connectivity index (χ3n) is 1.59. The second kappa shape index (κ2) is 3.78. The average molecular weight is 195 g/mol. The molecule has 0 atom stereocenters. The highest BCUT2D eigenvalue weighted by Crippen LogP contribution is 2.22. The van der Waals surface area contributed by atoms with Crippen LogP contribution in [0.3, 0.4) is 0 Å². The van der Waals surface area contributed by atoms with E-state index in [0.29, 0.717) is 5.56 Å². The summed E-state index contributed by atoms with van der Waals surface area (Å²) in [6.07, 6.45) is 1.26. The Hall–Kier alpha value is -2.04. The standard InChI is InChI=1S/C9H9NO4/c1-6(10(13)14)2-7-3-8(11)5-9(12)4-7/h2-5,11-12H,1H3/b6-2-. The van der Waals surface area contributed by atoms with Crippen molar-refractivity contribution < 1.29 is 15.1 Å². The van der Waals surface area contributed by atoms with Crippen LogP contribution < -0.4 is 0 Å². The Morgan fingerprint density at radius 1 is 1.36 bits per heavy atom. The van der Waals surface area contributed by atoms with E-state index in [4.69, 9.17) is 10.2 Å². The minimum absolute atomic E-state index is 0.0602. The van der Waals surface area contributed by atoms with E-state index in [-0.39, 0.29) is 17.2 Å². The molecule has 1 aromatic carbocycles. The normalized spacial score (nSPS) is 11.4. The van der Waals surface area contributed by atoms with Crippen LogP contribution in [0, 0.1) is 10.1 Å². The molecule has 0 aliphatic carbocycles. The Bertz CT molecular complexity index is 378. The monoisotopic (exact) mass is 195 g/mol. The van der Waals surface area contributed by atoms with E-state index >= 15 is 0 Å². The van der Waals surface area contributed by atoms with E-state index in [1.165, 1.54) is 25.1 Å². The third kappa shape index (κ3) is 2.48. The predicted octanol–water partition coefficient (Wildman–Crippen LogP) is 1.74. The van der Waals surface area contributed by atoms with Crippen molar-refractivity contribution in [1.29, 1.82) is 0 Å². The molecule has 5 nitrogen and oxygen atoms in total. The molecular weight excluding hydrogens is 186 g/mol. The molecular formula is C9H9NO4. The van der Waals surface area contributed by atoms with Crippen molar-refractivity contribution in [2.75, 3.05) is 0 Å². The van der Waals surface area contributed by atoms with Crippen molar-refractivity contribution in [3.05, 3.63) is 39.6 Å². The number of phenolic OH excluding ortho intramolecular Hbond substituents is 2. The van der Waals surface area contributed by atoms with Crippen LogP contribution in [0.1, 0.15) is 12.5 Å². The van der Waals surface area contributed by atoms with Gasteiger partial charge >= 0.3 is 0 Å². The molecule has 0 bridgehead atoms. The first kappa shape index (κ1) is 10.0. The number of aromatic hydroxyl groups is 2. The van der Waals surface area contributed by atoms with Crippen molar-refractivity contribution in [3.8, 4) is 11.5 Å². The largest absolute Gasteiger partial charge is 0.508 e. The van der Waals surface area contributed by atoms with E-state index in [9.17, 15) is 10.1 Å². The molecule has 1 aromatic rings. The van der Waals surface area contributed by atoms with E-state index in [2.05, 4.69) is 0 Å². The first-order chi connectivity index (χ1) is 6.49. The lowest BCUT2D eigenvalue weighted by Crippen LogP contribution is -1.92. The molecule has 14 heavy (non-hydrogen) atoms. The first-order valence-corrected chi connectivity index (χ1v) is 3.85. The van der Waals surface area contributed by atoms with Gasteiger partial charge in [0, 0.05) is 19.1 Å². The molecule has 0 saturated carbocycles. The Morgan fingerprint density at radius 2 is 1.86 bits per heavy atom. The van der Waals surface area contributed by atoms with Gasteiger partial charge in [-0.15, -0.1) is 0 Å². The van der Waals surface area contributed by atoms with Crippen LogP contribution in [-0.4, -0.2) is 15.1 Å². The van der Waals surface area contributed by atoms with Gasteiger partial charge in [0.1, 0.15) is 11.5 Å². The fraction of sp³-hybridized carbons (Fsp3) is 0.111. The smallest absolute Gasteiger partial charge is 0.243 e. The molecule has 0 radical (unpaired) electrons. The van der Waals surface area contributed by atoms with Crippen molar-refractivity contribution in [2.24, 2.45) is 0 Å². The topological polar surface area (TPSA) is 83.6 Å². The first-order valence-electron chi connectivity index (χ1n) is 3.85. The van der Waals surface area contributed by atoms with Gasteiger partial charge in [-0.05, 0) is 17.7 Å². The highest BCUT2D eigenvalue weighted by molar-refractivity contribution is 5.55. The lowest BCUT2D eigenvalue weighted by atomic mass is 10.2. The van der Waals surface area contributed by atoms with Crippen LogP contribution in [0.2, 0.25) is 0 Å². The summed E-state index contributed by atoms with van der Waals surface area (Å²) < 4.78 is 0. The number of nitro groups is 1. The number of benzene rings is 1. The van der Waals surface area contributed by atoms with E-state index in [1.54, 1.807) is 0 Å². The zero-order chi connectivity index (χ0) is 10.7. The molecule has 0 heterocycles. The minimum Gasteiger partial charge on any atom is -0.508 e. The predicted molar refractivity (Wildman–Crippen MR) is 50.4 cm³/mol. The quantitative estimate of drug-likeness (QED) is 0.556. The Morgan fingerprint density at radius 3 is 2.29 bits per heavy atom. The highest BCUT2D eigenvalue weighted by atomic mass is 16.6. The molecule has 0 spiro atoms. The van der Waals surface area contributed by atoms with Crippen molar-refractivity contribution in [1.82, 2.24) is 0 Å². The fourth-order valence-electron chi connectivity index (χ4n) is 0.995. The van der Waals surface area contributed by atoms with E-state index in [0.717, 1.165) is 6.07 Å². The van der Waals surface area contributed by atoms with Gasteiger partial charge in [0.15, 0.2) is 0 Å². The third-order valence-corrected chi connectivity index (χ3v) is 1.59. The lowest BCUT2D eigenvalue weighted by molar-refractivity contribution is -0.422. The average Bonchev–Trinajstić information content (AvgIpc) is 2.01. The Kier molecular flexibility index (Phi) is 2.71. The maximum Gasteiger partial charge on any atom is 0.243 e. The van der Waals surface area contributed by atoms with Crippen LogP contribution >= 0.6 is 0 Å². The van der Waals surface area contributed by atoms with Gasteiger partial charge in [0.2, 0.25) is 5.70 Å². The zero-order valence-electron chi connectivity index (χ0n) is 7.47. The SMILES string of the molecule is C/C(=C/c1cc(O)cc(O)c1)[N+](=O)[O-]. The maximum atomic E-state index is 10.3. The van der Waals surface area contributed by atoms with E-state index in [1.807, 2.05) is 0 Å². The van der Waals surface area contributed by atoms with Crippen molar-refractivity contribution in [2.45, 2.75) is 6.92 Å². The van der Waals surface area contributed by atoms with Gasteiger partial charge in [0.05, 0.1) is 4.92 Å². The summed E-state index contributed by atoms with van der Waals surface area (Å²) in [5, 5.41) is 28.5. The van der Waals surface area contributed by atoms with Gasteiger partial charge < -0.3 is 10.2 Å². The molecule has 0 fully saturated rings. The van der Waals surface area contributed by atoms with Crippen LogP contribution in [-0.2, 0) is 0 Å². The number of hydrogen-bond acceptors (Lipinski definition) is 4. The van der Waals surface area contributed by atoms with E-state index < -0.39 is 4.92 Å². The highest BCUT2D eigenvalue weighted by Gasteiger charge is 2.03.